The van der Waals surface area contributed by atoms with Gasteiger partial charge in [0.15, 0.2) is 17.4 Å². The van der Waals surface area contributed by atoms with Crippen LogP contribution in [0.3, 0.4) is 0 Å². The number of methoxy groups -OCH3 is 1. The largest absolute Gasteiger partial charge is 0.497 e. The molecule has 2 aromatic carbocycles. The van der Waals surface area contributed by atoms with E-state index in [2.05, 4.69) is 10.3 Å². The van der Waals surface area contributed by atoms with Gasteiger partial charge in [0, 0.05) is 29.8 Å². The van der Waals surface area contributed by atoms with E-state index in [4.69, 9.17) is 14.9 Å². The monoisotopic (exact) mass is 464 g/mol. The number of fused-ring (bicyclic) bond motifs is 1. The normalized spacial score (nSPS) is 17.8. The van der Waals surface area contributed by atoms with Crippen molar-refractivity contribution in [2.24, 2.45) is 10.7 Å². The molecule has 0 radical (unpaired) electrons. The zero-order valence-corrected chi connectivity index (χ0v) is 17.7. The smallest absolute Gasteiger partial charge is 0.291 e. The highest BCUT2D eigenvalue weighted by Gasteiger charge is 2.33. The molecule has 0 saturated heterocycles. The van der Waals surface area contributed by atoms with E-state index in [1.54, 1.807) is 18.2 Å². The summed E-state index contributed by atoms with van der Waals surface area (Å²) in [7, 11) is -1.15. The lowest BCUT2D eigenvalue weighted by molar-refractivity contribution is 0.0998. The molecule has 3 aromatic rings. The molecule has 2 heterocycles. The minimum atomic E-state index is -3.86. The van der Waals surface area contributed by atoms with Crippen LogP contribution in [0.2, 0.25) is 0 Å². The van der Waals surface area contributed by atoms with Gasteiger partial charge in [0.2, 0.25) is 16.0 Å². The van der Waals surface area contributed by atoms with Crippen molar-refractivity contribution in [3.63, 3.8) is 0 Å². The van der Waals surface area contributed by atoms with E-state index in [-0.39, 0.29) is 23.0 Å². The summed E-state index contributed by atoms with van der Waals surface area (Å²) in [5.74, 6) is -3.72. The zero-order valence-electron chi connectivity index (χ0n) is 16.9. The van der Waals surface area contributed by atoms with Crippen LogP contribution in [-0.2, 0) is 10.0 Å². The molecule has 1 amide bonds. The third kappa shape index (κ3) is 3.84. The molecular formula is C20H18F2N4O5S. The number of hydrogen-bond acceptors (Lipinski definition) is 7. The van der Waals surface area contributed by atoms with Crippen molar-refractivity contribution < 1.29 is 31.1 Å². The number of ether oxygens (including phenoxy) is 1. The number of nitrogens with one attached hydrogen (secondary N) is 1. The Bertz CT molecular complexity index is 1370. The number of benzene rings is 2. The maximum atomic E-state index is 14.5. The van der Waals surface area contributed by atoms with E-state index in [1.165, 1.54) is 20.2 Å². The van der Waals surface area contributed by atoms with E-state index in [0.717, 1.165) is 16.4 Å². The zero-order chi connectivity index (χ0) is 23.2. The van der Waals surface area contributed by atoms with Crippen LogP contribution in [0.1, 0.15) is 22.2 Å². The Kier molecular flexibility index (Phi) is 5.25. The summed E-state index contributed by atoms with van der Waals surface area (Å²) in [4.78, 5) is 16.6. The second kappa shape index (κ2) is 7.79. The molecule has 168 valence electrons. The minimum absolute atomic E-state index is 0.0660. The molecule has 1 atom stereocenters. The molecule has 4 rings (SSSR count). The summed E-state index contributed by atoms with van der Waals surface area (Å²) < 4.78 is 64.5. The summed E-state index contributed by atoms with van der Waals surface area (Å²) in [5.41, 5.74) is 5.59. The Morgan fingerprint density at radius 3 is 2.72 bits per heavy atom. The van der Waals surface area contributed by atoms with Crippen LogP contribution < -0.4 is 15.8 Å². The van der Waals surface area contributed by atoms with Gasteiger partial charge in [0.05, 0.1) is 18.9 Å². The fourth-order valence-corrected chi connectivity index (χ4v) is 4.48. The number of nitrogens with two attached hydrogens (primary N) is 1. The van der Waals surface area contributed by atoms with Crippen molar-refractivity contribution in [2.45, 2.75) is 6.04 Å². The maximum Gasteiger partial charge on any atom is 0.291 e. The molecule has 0 spiro atoms. The minimum Gasteiger partial charge on any atom is -0.497 e. The summed E-state index contributed by atoms with van der Waals surface area (Å²) in [5, 5.41) is 3.04. The molecule has 3 N–H and O–H groups in total. The molecule has 0 fully saturated rings. The Morgan fingerprint density at radius 1 is 1.28 bits per heavy atom. The van der Waals surface area contributed by atoms with Gasteiger partial charge in [-0.15, -0.1) is 0 Å². The topological polar surface area (TPSA) is 127 Å². The van der Waals surface area contributed by atoms with Gasteiger partial charge in [-0.05, 0) is 30.3 Å². The number of carbonyl (C=O) groups is 1. The summed E-state index contributed by atoms with van der Waals surface area (Å²) in [6.07, 6.45) is 0. The van der Waals surface area contributed by atoms with E-state index in [1.807, 2.05) is 0 Å². The van der Waals surface area contributed by atoms with Gasteiger partial charge in [-0.1, -0.05) is 0 Å². The van der Waals surface area contributed by atoms with Crippen LogP contribution >= 0.6 is 0 Å². The second-order valence-corrected chi connectivity index (χ2v) is 9.12. The fraction of sp³-hybridized carbons (Fsp3) is 0.200. The average molecular weight is 464 g/mol. The molecule has 9 nitrogen and oxygen atoms in total. The van der Waals surface area contributed by atoms with Crippen molar-refractivity contribution >= 4 is 38.5 Å². The number of nitrogens with zero attached hydrogens (tertiary/aromatic N) is 2. The Morgan fingerprint density at radius 2 is 2.03 bits per heavy atom. The number of hydrogen-bond donors (Lipinski definition) is 2. The van der Waals surface area contributed by atoms with Gasteiger partial charge in [-0.2, -0.15) is 0 Å². The lowest BCUT2D eigenvalue weighted by Gasteiger charge is -2.27. The number of sulfonamides is 1. The predicted octanol–water partition coefficient (Wildman–Crippen LogP) is 2.60. The maximum absolute atomic E-state index is 14.5. The highest BCUT2D eigenvalue weighted by atomic mass is 32.2. The SMILES string of the molecule is COc1ccc2oc(C(=O)Nc3cc(F)c(F)c([C@@H]4CS(=O)(=O)N(C)C(N)=N4)c3)cc2c1. The van der Waals surface area contributed by atoms with Crippen LogP contribution in [0.15, 0.2) is 45.8 Å². The van der Waals surface area contributed by atoms with E-state index in [0.29, 0.717) is 16.7 Å². The van der Waals surface area contributed by atoms with Gasteiger partial charge in [-0.25, -0.2) is 26.5 Å². The second-order valence-electron chi connectivity index (χ2n) is 7.08. The van der Waals surface area contributed by atoms with Crippen LogP contribution in [-0.4, -0.2) is 44.5 Å². The van der Waals surface area contributed by atoms with Crippen molar-refractivity contribution in [2.75, 3.05) is 25.2 Å². The van der Waals surface area contributed by atoms with Gasteiger partial charge in [-0.3, -0.25) is 4.79 Å². The van der Waals surface area contributed by atoms with Crippen LogP contribution in [0.4, 0.5) is 14.5 Å². The van der Waals surface area contributed by atoms with E-state index < -0.39 is 39.4 Å². The van der Waals surface area contributed by atoms with Crippen molar-refractivity contribution in [3.05, 3.63) is 59.4 Å². The van der Waals surface area contributed by atoms with Gasteiger partial charge < -0.3 is 20.2 Å². The van der Waals surface area contributed by atoms with E-state index >= 15 is 0 Å². The van der Waals surface area contributed by atoms with Gasteiger partial charge in [0.1, 0.15) is 11.3 Å². The van der Waals surface area contributed by atoms with Gasteiger partial charge in [0.25, 0.3) is 5.91 Å². The summed E-state index contributed by atoms with van der Waals surface area (Å²) in [6.45, 7) is 0. The molecule has 0 bridgehead atoms. The highest BCUT2D eigenvalue weighted by Crippen LogP contribution is 2.31. The molecular weight excluding hydrogens is 446 g/mol. The first-order chi connectivity index (χ1) is 15.1. The number of halogens is 2. The molecule has 0 aliphatic carbocycles. The van der Waals surface area contributed by atoms with Crippen molar-refractivity contribution in [1.29, 1.82) is 0 Å². The Balaban J connectivity index is 1.65. The van der Waals surface area contributed by atoms with Crippen LogP contribution in [0.25, 0.3) is 11.0 Å². The fourth-order valence-electron chi connectivity index (χ4n) is 3.27. The molecule has 1 aliphatic rings. The summed E-state index contributed by atoms with van der Waals surface area (Å²) in [6, 6.07) is 7.06. The first-order valence-electron chi connectivity index (χ1n) is 9.27. The molecule has 1 aromatic heterocycles. The standard InChI is InChI=1S/C20H18F2N4O5S/c1-26-20(23)25-15(9-32(26,28)29)13-7-11(8-14(21)18(13)22)24-19(27)17-6-10-5-12(30-2)3-4-16(10)31-17/h3-8,15H,9H2,1-2H3,(H2,23,25)(H,24,27)/t15-/m0/s1. The van der Waals surface area contributed by atoms with Crippen LogP contribution in [0.5, 0.6) is 5.75 Å². The molecule has 0 saturated carbocycles. The molecule has 12 heteroatoms. The highest BCUT2D eigenvalue weighted by molar-refractivity contribution is 7.89. The van der Waals surface area contributed by atoms with Gasteiger partial charge >= 0.3 is 0 Å². The molecule has 1 aliphatic heterocycles. The van der Waals surface area contributed by atoms with Crippen molar-refractivity contribution in [1.82, 2.24) is 4.31 Å². The number of rotatable bonds is 4. The third-order valence-corrected chi connectivity index (χ3v) is 6.78. The number of anilines is 1. The summed E-state index contributed by atoms with van der Waals surface area (Å²) >= 11 is 0. The number of furan rings is 1. The lowest BCUT2D eigenvalue weighted by Crippen LogP contribution is -2.45. The van der Waals surface area contributed by atoms with Crippen molar-refractivity contribution in [3.8, 4) is 5.75 Å². The lowest BCUT2D eigenvalue weighted by atomic mass is 10.1. The number of guanidine groups is 1. The first-order valence-corrected chi connectivity index (χ1v) is 10.9. The number of aliphatic imine (C=N–C) groups is 1. The number of amides is 1. The van der Waals surface area contributed by atoms with Crippen LogP contribution in [0, 0.1) is 11.6 Å². The Labute approximate surface area is 181 Å². The average Bonchev–Trinajstić information content (AvgIpc) is 3.17. The number of carbonyl (C=O) groups excluding carboxylic acids is 1. The molecule has 0 unspecified atom stereocenters. The third-order valence-electron chi connectivity index (χ3n) is 5.02. The molecule has 32 heavy (non-hydrogen) atoms. The quantitative estimate of drug-likeness (QED) is 0.611. The Hall–Kier alpha value is -3.67. The first kappa shape index (κ1) is 21.6. The van der Waals surface area contributed by atoms with E-state index in [9.17, 15) is 22.0 Å². The predicted molar refractivity (Wildman–Crippen MR) is 113 cm³/mol.